The van der Waals surface area contributed by atoms with Crippen LogP contribution in [0.3, 0.4) is 0 Å². The van der Waals surface area contributed by atoms with E-state index in [9.17, 15) is 0 Å². The minimum atomic E-state index is -0.197. The van der Waals surface area contributed by atoms with Gasteiger partial charge in [0.2, 0.25) is 0 Å². The molecule has 0 saturated heterocycles. The molecule has 0 aromatic heterocycles. The third kappa shape index (κ3) is 8.47. The lowest BCUT2D eigenvalue weighted by Gasteiger charge is -2.43. The summed E-state index contributed by atoms with van der Waals surface area (Å²) in [5.41, 5.74) is 0. The van der Waals surface area contributed by atoms with Crippen LogP contribution in [-0.2, 0) is 0 Å². The molecular weight excluding hydrogens is 272 g/mol. The van der Waals surface area contributed by atoms with Crippen LogP contribution in [0.5, 0.6) is 0 Å². The molecule has 134 valence electrons. The van der Waals surface area contributed by atoms with Crippen molar-refractivity contribution in [2.24, 2.45) is 0 Å². The lowest BCUT2D eigenvalue weighted by molar-refractivity contribution is 0.134. The highest BCUT2D eigenvalue weighted by molar-refractivity contribution is 4.94. The molecule has 0 spiro atoms. The topological polar surface area (TPSA) is 48.1 Å². The first-order chi connectivity index (χ1) is 10.7. The Bertz CT molecular complexity index is 216. The summed E-state index contributed by atoms with van der Waals surface area (Å²) in [4.78, 5) is 0. The number of hydrogen-bond acceptors (Lipinski definition) is 4. The van der Waals surface area contributed by atoms with E-state index in [0.29, 0.717) is 6.04 Å². The first kappa shape index (κ1) is 21.8. The van der Waals surface area contributed by atoms with Crippen LogP contribution in [0.1, 0.15) is 79.6 Å². The average Bonchev–Trinajstić information content (AvgIpc) is 2.50. The predicted molar refractivity (Wildman–Crippen MR) is 99.2 cm³/mol. The van der Waals surface area contributed by atoms with E-state index in [0.717, 1.165) is 26.2 Å². The Morgan fingerprint density at radius 2 is 1.14 bits per heavy atom. The second kappa shape index (κ2) is 14.4. The molecule has 0 aromatic rings. The van der Waals surface area contributed by atoms with Gasteiger partial charge in [-0.3, -0.25) is 16.0 Å². The first-order valence-corrected chi connectivity index (χ1v) is 9.69. The number of hydrogen-bond donors (Lipinski definition) is 4. The van der Waals surface area contributed by atoms with Crippen molar-refractivity contribution in [2.45, 2.75) is 91.4 Å². The first-order valence-electron chi connectivity index (χ1n) is 9.69. The molecule has 0 amide bonds. The minimum Gasteiger partial charge on any atom is -0.310 e. The fourth-order valence-corrected chi connectivity index (χ4v) is 3.24. The van der Waals surface area contributed by atoms with Crippen LogP contribution in [0.25, 0.3) is 0 Å². The highest BCUT2D eigenvalue weighted by Crippen LogP contribution is 2.14. The van der Waals surface area contributed by atoms with Crippen molar-refractivity contribution in [2.75, 3.05) is 26.2 Å². The molecule has 22 heavy (non-hydrogen) atoms. The van der Waals surface area contributed by atoms with Gasteiger partial charge >= 0.3 is 0 Å². The molecule has 0 aromatic carbocycles. The molecule has 0 fully saturated rings. The van der Waals surface area contributed by atoms with Gasteiger partial charge in [-0.25, -0.2) is 0 Å². The minimum absolute atomic E-state index is 0.197. The maximum absolute atomic E-state index is 3.69. The number of rotatable bonds is 16. The van der Waals surface area contributed by atoms with E-state index in [1.807, 2.05) is 0 Å². The maximum Gasteiger partial charge on any atom is 0.139 e. The van der Waals surface area contributed by atoms with Crippen LogP contribution in [0.15, 0.2) is 0 Å². The monoisotopic (exact) mass is 314 g/mol. The standard InChI is InChI=1S/C18H42N4/c1-6-11-12-13-14-15-16-17(19-7-2)18(20-8-3,21-9-4)22-10-5/h17,19-22H,6-16H2,1-5H3. The van der Waals surface area contributed by atoms with Gasteiger partial charge in [0.25, 0.3) is 0 Å². The van der Waals surface area contributed by atoms with Gasteiger partial charge in [-0.15, -0.1) is 0 Å². The van der Waals surface area contributed by atoms with Crippen molar-refractivity contribution in [3.8, 4) is 0 Å². The molecule has 0 bridgehead atoms. The van der Waals surface area contributed by atoms with Crippen molar-refractivity contribution in [1.29, 1.82) is 0 Å². The Hall–Kier alpha value is -0.160. The summed E-state index contributed by atoms with van der Waals surface area (Å²) >= 11 is 0. The van der Waals surface area contributed by atoms with Crippen molar-refractivity contribution in [3.05, 3.63) is 0 Å². The van der Waals surface area contributed by atoms with E-state index in [1.54, 1.807) is 0 Å². The second-order valence-electron chi connectivity index (χ2n) is 6.07. The SMILES string of the molecule is CCCCCCCCC(NCC)C(NCC)(NCC)NCC. The molecule has 1 atom stereocenters. The Morgan fingerprint density at radius 1 is 0.636 bits per heavy atom. The van der Waals surface area contributed by atoms with Gasteiger partial charge in [0.15, 0.2) is 0 Å². The van der Waals surface area contributed by atoms with Crippen molar-refractivity contribution < 1.29 is 0 Å². The molecule has 0 rings (SSSR count). The Kier molecular flexibility index (Phi) is 14.3. The second-order valence-corrected chi connectivity index (χ2v) is 6.07. The van der Waals surface area contributed by atoms with Crippen LogP contribution in [-0.4, -0.2) is 38.0 Å². The van der Waals surface area contributed by atoms with E-state index >= 15 is 0 Å². The van der Waals surface area contributed by atoms with Crippen LogP contribution >= 0.6 is 0 Å². The number of likely N-dealkylation sites (N-methyl/N-ethyl adjacent to an activating group) is 4. The summed E-state index contributed by atoms with van der Waals surface area (Å²) in [5.74, 6) is -0.197. The molecule has 0 radical (unpaired) electrons. The molecule has 1 unspecified atom stereocenters. The Morgan fingerprint density at radius 3 is 1.59 bits per heavy atom. The molecule has 0 aliphatic rings. The van der Waals surface area contributed by atoms with E-state index in [2.05, 4.69) is 55.9 Å². The molecule has 0 saturated carbocycles. The summed E-state index contributed by atoms with van der Waals surface area (Å²) in [6.45, 7) is 14.9. The number of unbranched alkanes of at least 4 members (excludes halogenated alkanes) is 5. The van der Waals surface area contributed by atoms with E-state index in [4.69, 9.17) is 0 Å². The third-order valence-electron chi connectivity index (χ3n) is 4.19. The largest absolute Gasteiger partial charge is 0.310 e. The summed E-state index contributed by atoms with van der Waals surface area (Å²) in [6, 6.07) is 0.406. The molecule has 4 N–H and O–H groups in total. The van der Waals surface area contributed by atoms with Crippen LogP contribution in [0.2, 0.25) is 0 Å². The van der Waals surface area contributed by atoms with Gasteiger partial charge in [0, 0.05) is 0 Å². The molecule has 0 aliphatic heterocycles. The zero-order valence-corrected chi connectivity index (χ0v) is 15.9. The van der Waals surface area contributed by atoms with Crippen LogP contribution in [0.4, 0.5) is 0 Å². The summed E-state index contributed by atoms with van der Waals surface area (Å²) in [5, 5.41) is 14.7. The Balaban J connectivity index is 4.58. The van der Waals surface area contributed by atoms with Crippen molar-refractivity contribution in [3.63, 3.8) is 0 Å². The van der Waals surface area contributed by atoms with Crippen molar-refractivity contribution in [1.82, 2.24) is 21.3 Å². The molecule has 0 heterocycles. The lowest BCUT2D eigenvalue weighted by atomic mass is 9.99. The highest BCUT2D eigenvalue weighted by atomic mass is 15.4. The lowest BCUT2D eigenvalue weighted by Crippen LogP contribution is -2.75. The van der Waals surface area contributed by atoms with Gasteiger partial charge < -0.3 is 5.32 Å². The zero-order chi connectivity index (χ0) is 16.7. The van der Waals surface area contributed by atoms with Crippen LogP contribution < -0.4 is 21.3 Å². The summed E-state index contributed by atoms with van der Waals surface area (Å²) < 4.78 is 0. The Labute approximate surface area is 139 Å². The van der Waals surface area contributed by atoms with Crippen molar-refractivity contribution >= 4 is 0 Å². The number of nitrogens with one attached hydrogen (secondary N) is 4. The summed E-state index contributed by atoms with van der Waals surface area (Å²) in [7, 11) is 0. The predicted octanol–water partition coefficient (Wildman–Crippen LogP) is 3.20. The fraction of sp³-hybridized carbons (Fsp3) is 1.00. The van der Waals surface area contributed by atoms with Crippen LogP contribution in [0, 0.1) is 0 Å². The molecule has 0 aliphatic carbocycles. The van der Waals surface area contributed by atoms with Gasteiger partial charge in [-0.1, -0.05) is 73.1 Å². The van der Waals surface area contributed by atoms with E-state index < -0.39 is 0 Å². The molecular formula is C18H42N4. The molecule has 4 heteroatoms. The summed E-state index contributed by atoms with van der Waals surface area (Å²) in [6.07, 6.45) is 9.32. The van der Waals surface area contributed by atoms with E-state index in [-0.39, 0.29) is 5.79 Å². The van der Waals surface area contributed by atoms with Gasteiger partial charge in [-0.05, 0) is 32.6 Å². The maximum atomic E-state index is 3.69. The van der Waals surface area contributed by atoms with Gasteiger partial charge in [0.05, 0.1) is 6.04 Å². The smallest absolute Gasteiger partial charge is 0.139 e. The zero-order valence-electron chi connectivity index (χ0n) is 15.9. The van der Waals surface area contributed by atoms with E-state index in [1.165, 1.54) is 44.9 Å². The highest BCUT2D eigenvalue weighted by Gasteiger charge is 2.35. The average molecular weight is 315 g/mol. The van der Waals surface area contributed by atoms with Gasteiger partial charge in [-0.2, -0.15) is 0 Å². The molecule has 4 nitrogen and oxygen atoms in total. The quantitative estimate of drug-likeness (QED) is 0.261. The normalized spacial score (nSPS) is 13.5. The van der Waals surface area contributed by atoms with Gasteiger partial charge in [0.1, 0.15) is 5.79 Å². The third-order valence-corrected chi connectivity index (χ3v) is 4.19. The fourth-order valence-electron chi connectivity index (χ4n) is 3.24.